The van der Waals surface area contributed by atoms with Gasteiger partial charge in [-0.25, -0.2) is 4.79 Å². The fourth-order valence-corrected chi connectivity index (χ4v) is 2.96. The Bertz CT molecular complexity index is 863. The third kappa shape index (κ3) is 2.83. The molecule has 0 unspecified atom stereocenters. The first-order valence-electron chi connectivity index (χ1n) is 7.95. The number of methoxy groups -OCH3 is 1. The van der Waals surface area contributed by atoms with Crippen LogP contribution in [0.1, 0.15) is 23.7 Å². The van der Waals surface area contributed by atoms with Crippen molar-refractivity contribution in [2.45, 2.75) is 19.4 Å². The molecule has 4 heteroatoms. The second-order valence-electron chi connectivity index (χ2n) is 5.65. The maximum Gasteiger partial charge on any atom is 0.328 e. The van der Waals surface area contributed by atoms with E-state index in [0.29, 0.717) is 12.0 Å². The molecule has 3 rings (SSSR count). The number of fused-ring (bicyclic) bond motifs is 2. The van der Waals surface area contributed by atoms with Crippen molar-refractivity contribution in [1.82, 2.24) is 5.32 Å². The van der Waals surface area contributed by atoms with Crippen LogP contribution in [0, 0.1) is 0 Å². The second-order valence-corrected chi connectivity index (χ2v) is 5.65. The highest BCUT2D eigenvalue weighted by molar-refractivity contribution is 6.18. The Hall–Kier alpha value is -2.88. The third-order valence-electron chi connectivity index (χ3n) is 4.20. The monoisotopic (exact) mass is 321 g/mol. The summed E-state index contributed by atoms with van der Waals surface area (Å²) in [6.45, 7) is 1.84. The molecule has 0 saturated heterocycles. The van der Waals surface area contributed by atoms with Gasteiger partial charge < -0.3 is 10.1 Å². The van der Waals surface area contributed by atoms with E-state index >= 15 is 0 Å². The lowest BCUT2D eigenvalue weighted by Crippen LogP contribution is -2.41. The first-order valence-corrected chi connectivity index (χ1v) is 7.95. The third-order valence-corrected chi connectivity index (χ3v) is 4.20. The normalized spacial score (nSPS) is 12.1. The number of carbonyl (C=O) groups is 2. The first-order chi connectivity index (χ1) is 11.7. The zero-order chi connectivity index (χ0) is 17.1. The standard InChI is InChI=1S/C20H19NO3/c1-3-17(20(23)24-2)21-19(22)18-15-10-6-4-8-13(15)12-14-9-5-7-11-16(14)18/h4-12,17H,3H2,1-2H3,(H,21,22)/t17-/m1/s1. The van der Waals surface area contributed by atoms with Crippen molar-refractivity contribution >= 4 is 33.4 Å². The summed E-state index contributed by atoms with van der Waals surface area (Å²) in [4.78, 5) is 24.7. The molecule has 1 N–H and O–H groups in total. The highest BCUT2D eigenvalue weighted by Gasteiger charge is 2.22. The van der Waals surface area contributed by atoms with Crippen LogP contribution in [-0.2, 0) is 9.53 Å². The van der Waals surface area contributed by atoms with Crippen molar-refractivity contribution in [3.63, 3.8) is 0 Å². The molecule has 122 valence electrons. The minimum absolute atomic E-state index is 0.264. The molecular weight excluding hydrogens is 302 g/mol. The van der Waals surface area contributed by atoms with Gasteiger partial charge in [0.1, 0.15) is 6.04 Å². The molecule has 4 nitrogen and oxygen atoms in total. The van der Waals surface area contributed by atoms with Crippen molar-refractivity contribution < 1.29 is 14.3 Å². The summed E-state index contributed by atoms with van der Waals surface area (Å²) >= 11 is 0. The number of ether oxygens (including phenoxy) is 1. The molecule has 24 heavy (non-hydrogen) atoms. The van der Waals surface area contributed by atoms with Crippen LogP contribution in [0.2, 0.25) is 0 Å². The van der Waals surface area contributed by atoms with E-state index in [1.165, 1.54) is 7.11 Å². The van der Waals surface area contributed by atoms with Gasteiger partial charge in [-0.05, 0) is 34.0 Å². The molecule has 0 saturated carbocycles. The van der Waals surface area contributed by atoms with E-state index in [4.69, 9.17) is 4.74 Å². The number of nitrogens with one attached hydrogen (secondary N) is 1. The Balaban J connectivity index is 2.15. The number of hydrogen-bond acceptors (Lipinski definition) is 3. The molecular formula is C20H19NO3. The minimum atomic E-state index is -0.653. The zero-order valence-electron chi connectivity index (χ0n) is 13.7. The van der Waals surface area contributed by atoms with Crippen molar-refractivity contribution in [3.05, 3.63) is 60.2 Å². The molecule has 0 radical (unpaired) electrons. The Morgan fingerprint density at radius 1 is 1.00 bits per heavy atom. The lowest BCUT2D eigenvalue weighted by atomic mass is 9.96. The van der Waals surface area contributed by atoms with Crippen LogP contribution in [0.15, 0.2) is 54.6 Å². The predicted octanol–water partition coefficient (Wildman–Crippen LogP) is 3.67. The molecule has 1 atom stereocenters. The van der Waals surface area contributed by atoms with Gasteiger partial charge in [0.15, 0.2) is 0 Å². The zero-order valence-corrected chi connectivity index (χ0v) is 13.7. The van der Waals surface area contributed by atoms with Gasteiger partial charge in [-0.1, -0.05) is 55.5 Å². The molecule has 0 fully saturated rings. The predicted molar refractivity (Wildman–Crippen MR) is 95.0 cm³/mol. The molecule has 0 heterocycles. The second kappa shape index (κ2) is 6.71. The molecule has 3 aromatic carbocycles. The summed E-state index contributed by atoms with van der Waals surface area (Å²) in [5.74, 6) is -0.698. The number of esters is 1. The molecule has 0 bridgehead atoms. The maximum atomic E-state index is 12.9. The van der Waals surface area contributed by atoms with Crippen molar-refractivity contribution in [3.8, 4) is 0 Å². The molecule has 0 aliphatic carbocycles. The van der Waals surface area contributed by atoms with E-state index in [0.717, 1.165) is 21.5 Å². The van der Waals surface area contributed by atoms with E-state index in [9.17, 15) is 9.59 Å². The molecule has 0 aliphatic rings. The van der Waals surface area contributed by atoms with Gasteiger partial charge in [0.2, 0.25) is 0 Å². The first kappa shape index (κ1) is 16.0. The lowest BCUT2D eigenvalue weighted by molar-refractivity contribution is -0.142. The molecule has 0 spiro atoms. The topological polar surface area (TPSA) is 55.4 Å². The average Bonchev–Trinajstić information content (AvgIpc) is 2.63. The van der Waals surface area contributed by atoms with Gasteiger partial charge in [-0.3, -0.25) is 4.79 Å². The summed E-state index contributed by atoms with van der Waals surface area (Å²) in [6, 6.07) is 16.9. The smallest absolute Gasteiger partial charge is 0.328 e. The summed E-state index contributed by atoms with van der Waals surface area (Å²) in [6.07, 6.45) is 0.473. The number of carbonyl (C=O) groups excluding carboxylic acids is 2. The van der Waals surface area contributed by atoms with Crippen LogP contribution in [0.25, 0.3) is 21.5 Å². The Morgan fingerprint density at radius 2 is 1.54 bits per heavy atom. The molecule has 0 aromatic heterocycles. The van der Waals surface area contributed by atoms with Crippen LogP contribution in [0.3, 0.4) is 0 Å². The van der Waals surface area contributed by atoms with Crippen LogP contribution in [0.5, 0.6) is 0 Å². The van der Waals surface area contributed by atoms with Crippen molar-refractivity contribution in [2.24, 2.45) is 0 Å². The number of amides is 1. The van der Waals surface area contributed by atoms with Crippen molar-refractivity contribution in [1.29, 1.82) is 0 Å². The maximum absolute atomic E-state index is 12.9. The lowest BCUT2D eigenvalue weighted by Gasteiger charge is -2.17. The molecule has 0 aliphatic heterocycles. The van der Waals surface area contributed by atoms with Crippen molar-refractivity contribution in [2.75, 3.05) is 7.11 Å². The van der Waals surface area contributed by atoms with Gasteiger partial charge in [-0.15, -0.1) is 0 Å². The number of benzene rings is 3. The fraction of sp³-hybridized carbons (Fsp3) is 0.200. The van der Waals surface area contributed by atoms with E-state index in [1.54, 1.807) is 0 Å². The van der Waals surface area contributed by atoms with Gasteiger partial charge >= 0.3 is 5.97 Å². The van der Waals surface area contributed by atoms with Crippen LogP contribution >= 0.6 is 0 Å². The highest BCUT2D eigenvalue weighted by atomic mass is 16.5. The van der Waals surface area contributed by atoms with E-state index in [-0.39, 0.29) is 5.91 Å². The largest absolute Gasteiger partial charge is 0.467 e. The Labute approximate surface area is 140 Å². The summed E-state index contributed by atoms with van der Waals surface area (Å²) in [5, 5.41) is 6.53. The van der Waals surface area contributed by atoms with Crippen LogP contribution in [-0.4, -0.2) is 25.0 Å². The Morgan fingerprint density at radius 3 is 2.04 bits per heavy atom. The quantitative estimate of drug-likeness (QED) is 0.589. The van der Waals surface area contributed by atoms with E-state index in [2.05, 4.69) is 11.4 Å². The van der Waals surface area contributed by atoms with E-state index < -0.39 is 12.0 Å². The minimum Gasteiger partial charge on any atom is -0.467 e. The molecule has 1 amide bonds. The fourth-order valence-electron chi connectivity index (χ4n) is 2.96. The summed E-state index contributed by atoms with van der Waals surface area (Å²) < 4.78 is 4.76. The highest BCUT2D eigenvalue weighted by Crippen LogP contribution is 2.28. The van der Waals surface area contributed by atoms with Crippen LogP contribution in [0.4, 0.5) is 0 Å². The molecule has 3 aromatic rings. The number of rotatable bonds is 4. The van der Waals surface area contributed by atoms with E-state index in [1.807, 2.05) is 55.5 Å². The van der Waals surface area contributed by atoms with Gasteiger partial charge in [0.05, 0.1) is 12.7 Å². The Kier molecular flexibility index (Phi) is 4.47. The summed E-state index contributed by atoms with van der Waals surface area (Å²) in [7, 11) is 1.32. The average molecular weight is 321 g/mol. The number of hydrogen-bond donors (Lipinski definition) is 1. The van der Waals surface area contributed by atoms with Crippen LogP contribution < -0.4 is 5.32 Å². The van der Waals surface area contributed by atoms with Gasteiger partial charge in [0, 0.05) is 0 Å². The summed E-state index contributed by atoms with van der Waals surface area (Å²) in [5.41, 5.74) is 0.589. The SMILES string of the molecule is CC[C@@H](NC(=O)c1c2ccccc2cc2ccccc12)C(=O)OC. The van der Waals surface area contributed by atoms with Gasteiger partial charge in [0.25, 0.3) is 5.91 Å². The van der Waals surface area contributed by atoms with Gasteiger partial charge in [-0.2, -0.15) is 0 Å².